The molecule has 0 aliphatic rings. The van der Waals surface area contributed by atoms with Gasteiger partial charge in [-0.05, 0) is 24.3 Å². The number of aromatic nitrogens is 2. The predicted molar refractivity (Wildman–Crippen MR) is 63.9 cm³/mol. The van der Waals surface area contributed by atoms with Crippen molar-refractivity contribution in [3.8, 4) is 5.69 Å². The summed E-state index contributed by atoms with van der Waals surface area (Å²) >= 11 is 0. The van der Waals surface area contributed by atoms with Gasteiger partial charge in [-0.25, -0.2) is 9.37 Å². The minimum absolute atomic E-state index is 0.247. The fourth-order valence-corrected chi connectivity index (χ4v) is 1.51. The molecule has 0 radical (unpaired) electrons. The molecule has 0 bridgehead atoms. The number of imidazole rings is 1. The van der Waals surface area contributed by atoms with Gasteiger partial charge in [0, 0.05) is 31.7 Å². The molecule has 0 atom stereocenters. The highest BCUT2D eigenvalue weighted by Gasteiger charge is 2.03. The van der Waals surface area contributed by atoms with Gasteiger partial charge in [0.05, 0.1) is 6.61 Å². The van der Waals surface area contributed by atoms with E-state index in [0.717, 1.165) is 5.69 Å². The van der Waals surface area contributed by atoms with Crippen molar-refractivity contribution in [1.29, 1.82) is 0 Å². The lowest BCUT2D eigenvalue weighted by molar-refractivity contribution is 0.210. The molecule has 0 unspecified atom stereocenters. The van der Waals surface area contributed by atoms with Gasteiger partial charge in [0.2, 0.25) is 5.95 Å². The number of ether oxygens (including phenoxy) is 1. The van der Waals surface area contributed by atoms with Crippen LogP contribution in [0.3, 0.4) is 0 Å². The van der Waals surface area contributed by atoms with Crippen LogP contribution in [-0.4, -0.2) is 29.8 Å². The smallest absolute Gasteiger partial charge is 0.207 e. The normalized spacial score (nSPS) is 10.5. The number of benzene rings is 1. The molecule has 4 nitrogen and oxygen atoms in total. The Bertz CT molecular complexity index is 467. The van der Waals surface area contributed by atoms with Gasteiger partial charge >= 0.3 is 0 Å². The maximum Gasteiger partial charge on any atom is 0.207 e. The minimum Gasteiger partial charge on any atom is -0.383 e. The van der Waals surface area contributed by atoms with Crippen molar-refractivity contribution in [2.24, 2.45) is 0 Å². The highest BCUT2D eigenvalue weighted by Crippen LogP contribution is 2.14. The molecule has 0 aliphatic heterocycles. The monoisotopic (exact) mass is 235 g/mol. The first kappa shape index (κ1) is 11.6. The molecule has 0 fully saturated rings. The van der Waals surface area contributed by atoms with Gasteiger partial charge in [0.1, 0.15) is 5.82 Å². The molecule has 1 N–H and O–H groups in total. The number of hydrogen-bond acceptors (Lipinski definition) is 3. The first-order chi connectivity index (χ1) is 8.31. The van der Waals surface area contributed by atoms with Gasteiger partial charge in [0.15, 0.2) is 0 Å². The van der Waals surface area contributed by atoms with E-state index in [1.54, 1.807) is 25.4 Å². The van der Waals surface area contributed by atoms with Crippen LogP contribution in [0, 0.1) is 5.82 Å². The van der Waals surface area contributed by atoms with E-state index in [0.29, 0.717) is 19.1 Å². The molecule has 17 heavy (non-hydrogen) atoms. The molecule has 2 rings (SSSR count). The van der Waals surface area contributed by atoms with Gasteiger partial charge in [-0.3, -0.25) is 4.57 Å². The highest BCUT2D eigenvalue weighted by molar-refractivity contribution is 5.41. The van der Waals surface area contributed by atoms with Crippen LogP contribution in [0.5, 0.6) is 0 Å². The summed E-state index contributed by atoms with van der Waals surface area (Å²) in [5.41, 5.74) is 0.865. The van der Waals surface area contributed by atoms with E-state index in [2.05, 4.69) is 10.3 Å². The summed E-state index contributed by atoms with van der Waals surface area (Å²) < 4.78 is 19.6. The van der Waals surface area contributed by atoms with E-state index in [4.69, 9.17) is 4.74 Å². The summed E-state index contributed by atoms with van der Waals surface area (Å²) in [7, 11) is 1.65. The zero-order valence-corrected chi connectivity index (χ0v) is 9.56. The quantitative estimate of drug-likeness (QED) is 0.806. The lowest BCUT2D eigenvalue weighted by Crippen LogP contribution is -2.11. The number of methoxy groups -OCH3 is 1. The Hall–Kier alpha value is -1.88. The first-order valence-electron chi connectivity index (χ1n) is 5.33. The fraction of sp³-hybridized carbons (Fsp3) is 0.250. The average Bonchev–Trinajstić information content (AvgIpc) is 2.79. The SMILES string of the molecule is COCCNc1nccn1-c1ccc(F)cc1. The Kier molecular flexibility index (Phi) is 3.72. The van der Waals surface area contributed by atoms with E-state index in [1.165, 1.54) is 12.1 Å². The summed E-state index contributed by atoms with van der Waals surface area (Å²) in [6.07, 6.45) is 3.51. The van der Waals surface area contributed by atoms with Gasteiger partial charge in [0.25, 0.3) is 0 Å². The predicted octanol–water partition coefficient (Wildman–Crippen LogP) is 2.07. The molecular weight excluding hydrogens is 221 g/mol. The molecule has 5 heteroatoms. The van der Waals surface area contributed by atoms with Crippen LogP contribution in [0.4, 0.5) is 10.3 Å². The van der Waals surface area contributed by atoms with E-state index < -0.39 is 0 Å². The average molecular weight is 235 g/mol. The summed E-state index contributed by atoms with van der Waals surface area (Å²) in [5, 5.41) is 3.14. The molecule has 1 heterocycles. The van der Waals surface area contributed by atoms with E-state index in [-0.39, 0.29) is 5.82 Å². The molecule has 1 aromatic heterocycles. The van der Waals surface area contributed by atoms with Crippen LogP contribution >= 0.6 is 0 Å². The standard InChI is InChI=1S/C12H14FN3O/c1-17-9-7-15-12-14-6-8-16(12)11-4-2-10(13)3-5-11/h2-6,8H,7,9H2,1H3,(H,14,15). The second kappa shape index (κ2) is 5.45. The summed E-state index contributed by atoms with van der Waals surface area (Å²) in [4.78, 5) is 4.19. The number of rotatable bonds is 5. The summed E-state index contributed by atoms with van der Waals surface area (Å²) in [6, 6.07) is 6.26. The Morgan fingerprint density at radius 3 is 2.82 bits per heavy atom. The van der Waals surface area contributed by atoms with Gasteiger partial charge in [-0.15, -0.1) is 0 Å². The molecular formula is C12H14FN3O. The third kappa shape index (κ3) is 2.82. The Balaban J connectivity index is 2.15. The fourth-order valence-electron chi connectivity index (χ4n) is 1.51. The van der Waals surface area contributed by atoms with E-state index in [1.807, 2.05) is 10.8 Å². The first-order valence-corrected chi connectivity index (χ1v) is 5.33. The molecule has 2 aromatic rings. The van der Waals surface area contributed by atoms with E-state index in [9.17, 15) is 4.39 Å². The Labute approximate surface area is 99.1 Å². The van der Waals surface area contributed by atoms with Crippen molar-refractivity contribution in [3.05, 3.63) is 42.5 Å². The van der Waals surface area contributed by atoms with Crippen molar-refractivity contribution in [2.45, 2.75) is 0 Å². The Morgan fingerprint density at radius 2 is 2.12 bits per heavy atom. The number of hydrogen-bond donors (Lipinski definition) is 1. The Morgan fingerprint density at radius 1 is 1.35 bits per heavy atom. The number of anilines is 1. The van der Waals surface area contributed by atoms with Crippen molar-refractivity contribution in [3.63, 3.8) is 0 Å². The minimum atomic E-state index is -0.247. The summed E-state index contributed by atoms with van der Waals surface area (Å²) in [5.74, 6) is 0.469. The maximum absolute atomic E-state index is 12.8. The lowest BCUT2D eigenvalue weighted by atomic mass is 10.3. The molecule has 0 amide bonds. The lowest BCUT2D eigenvalue weighted by Gasteiger charge is -2.09. The van der Waals surface area contributed by atoms with Gasteiger partial charge in [-0.2, -0.15) is 0 Å². The van der Waals surface area contributed by atoms with Gasteiger partial charge < -0.3 is 10.1 Å². The van der Waals surface area contributed by atoms with Crippen LogP contribution in [0.2, 0.25) is 0 Å². The topological polar surface area (TPSA) is 39.1 Å². The van der Waals surface area contributed by atoms with Crippen LogP contribution in [0.25, 0.3) is 5.69 Å². The number of nitrogens with zero attached hydrogens (tertiary/aromatic N) is 2. The second-order valence-electron chi connectivity index (χ2n) is 3.52. The van der Waals surface area contributed by atoms with Crippen molar-refractivity contribution in [2.75, 3.05) is 25.6 Å². The third-order valence-electron chi connectivity index (χ3n) is 2.33. The van der Waals surface area contributed by atoms with Crippen molar-refractivity contribution in [1.82, 2.24) is 9.55 Å². The number of nitrogens with one attached hydrogen (secondary N) is 1. The zero-order valence-electron chi connectivity index (χ0n) is 9.56. The molecule has 0 spiro atoms. The molecule has 90 valence electrons. The van der Waals surface area contributed by atoms with Crippen LogP contribution < -0.4 is 5.32 Å². The molecule has 0 aliphatic carbocycles. The maximum atomic E-state index is 12.8. The second-order valence-corrected chi connectivity index (χ2v) is 3.52. The van der Waals surface area contributed by atoms with E-state index >= 15 is 0 Å². The van der Waals surface area contributed by atoms with Crippen molar-refractivity contribution >= 4 is 5.95 Å². The van der Waals surface area contributed by atoms with Crippen molar-refractivity contribution < 1.29 is 9.13 Å². The van der Waals surface area contributed by atoms with Crippen LogP contribution in [-0.2, 0) is 4.74 Å². The van der Waals surface area contributed by atoms with Crippen LogP contribution in [0.15, 0.2) is 36.7 Å². The molecule has 1 aromatic carbocycles. The highest BCUT2D eigenvalue weighted by atomic mass is 19.1. The largest absolute Gasteiger partial charge is 0.383 e. The summed E-state index contributed by atoms with van der Waals surface area (Å²) in [6.45, 7) is 1.28. The molecule has 0 saturated heterocycles. The number of halogens is 1. The van der Waals surface area contributed by atoms with Gasteiger partial charge in [-0.1, -0.05) is 0 Å². The van der Waals surface area contributed by atoms with Crippen LogP contribution in [0.1, 0.15) is 0 Å². The third-order valence-corrected chi connectivity index (χ3v) is 2.33. The zero-order chi connectivity index (χ0) is 12.1. The molecule has 0 saturated carbocycles.